The third-order valence-corrected chi connectivity index (χ3v) is 6.83. The van der Waals surface area contributed by atoms with Crippen LogP contribution in [0.1, 0.15) is 30.5 Å². The number of halogens is 2. The van der Waals surface area contributed by atoms with Crippen molar-refractivity contribution in [2.45, 2.75) is 64.0 Å². The molecule has 5 atom stereocenters. The zero-order valence-corrected chi connectivity index (χ0v) is 23.0. The van der Waals surface area contributed by atoms with Gasteiger partial charge in [0, 0.05) is 13.8 Å². The molecule has 0 saturated heterocycles. The number of hydrogen-bond donors (Lipinski definition) is 0. The van der Waals surface area contributed by atoms with E-state index in [-0.39, 0.29) is 19.8 Å². The molecule has 0 spiro atoms. The number of hydrogen-bond acceptors (Lipinski definition) is 7. The lowest BCUT2D eigenvalue weighted by Crippen LogP contribution is -2.68. The molecule has 218 valence electrons. The maximum Gasteiger partial charge on any atom is 0.303 e. The summed E-state index contributed by atoms with van der Waals surface area (Å²) in [6.07, 6.45) is -5.85. The summed E-state index contributed by atoms with van der Waals surface area (Å²) in [6.45, 7) is 1.54. The predicted octanol–water partition coefficient (Wildman–Crippen LogP) is 5.50. The summed E-state index contributed by atoms with van der Waals surface area (Å²) in [6, 6.07) is 27.4. The van der Waals surface area contributed by atoms with Gasteiger partial charge in [0.15, 0.2) is 6.10 Å². The fourth-order valence-corrected chi connectivity index (χ4v) is 4.86. The lowest BCUT2D eigenvalue weighted by Gasteiger charge is -2.49. The van der Waals surface area contributed by atoms with Crippen LogP contribution in [0.2, 0.25) is 0 Å². The molecule has 41 heavy (non-hydrogen) atoms. The minimum absolute atomic E-state index is 0.00695. The van der Waals surface area contributed by atoms with Crippen LogP contribution in [-0.4, -0.2) is 48.9 Å². The van der Waals surface area contributed by atoms with E-state index in [2.05, 4.69) is 0 Å². The molecule has 1 fully saturated rings. The van der Waals surface area contributed by atoms with Gasteiger partial charge in [-0.05, 0) is 16.7 Å². The number of carbonyl (C=O) groups excluding carboxylic acids is 2. The Kier molecular flexibility index (Phi) is 10.6. The van der Waals surface area contributed by atoms with Crippen molar-refractivity contribution in [1.29, 1.82) is 0 Å². The summed E-state index contributed by atoms with van der Waals surface area (Å²) >= 11 is 0. The zero-order valence-electron chi connectivity index (χ0n) is 23.0. The van der Waals surface area contributed by atoms with Gasteiger partial charge in [-0.2, -0.15) is 0 Å². The van der Waals surface area contributed by atoms with Gasteiger partial charge >= 0.3 is 11.9 Å². The first-order valence-electron chi connectivity index (χ1n) is 13.4. The Bertz CT molecular complexity index is 1240. The van der Waals surface area contributed by atoms with Gasteiger partial charge in [-0.1, -0.05) is 91.0 Å². The van der Waals surface area contributed by atoms with Crippen LogP contribution in [0.25, 0.3) is 0 Å². The van der Waals surface area contributed by atoms with Crippen LogP contribution >= 0.6 is 0 Å². The van der Waals surface area contributed by atoms with Gasteiger partial charge in [0.05, 0.1) is 31.8 Å². The van der Waals surface area contributed by atoms with E-state index in [1.165, 1.54) is 0 Å². The van der Waals surface area contributed by atoms with Crippen LogP contribution in [0.5, 0.6) is 0 Å². The molecule has 3 aromatic carbocycles. The van der Waals surface area contributed by atoms with Crippen LogP contribution in [-0.2, 0) is 53.1 Å². The number of ether oxygens (including phenoxy) is 5. The van der Waals surface area contributed by atoms with Crippen molar-refractivity contribution in [3.63, 3.8) is 0 Å². The molecule has 3 aromatic rings. The maximum atomic E-state index is 16.3. The second kappa shape index (κ2) is 14.3. The molecule has 0 N–H and O–H groups in total. The van der Waals surface area contributed by atoms with E-state index in [1.54, 1.807) is 12.1 Å². The molecule has 1 aliphatic rings. The topological polar surface area (TPSA) is 80.3 Å². The summed E-state index contributed by atoms with van der Waals surface area (Å²) in [7, 11) is 0. The molecule has 4 rings (SSSR count). The molecule has 0 aliphatic heterocycles. The number of esters is 2. The summed E-state index contributed by atoms with van der Waals surface area (Å²) in [5.41, 5.74) is 2.30. The van der Waals surface area contributed by atoms with Crippen LogP contribution < -0.4 is 0 Å². The van der Waals surface area contributed by atoms with Gasteiger partial charge in [0.1, 0.15) is 18.8 Å². The van der Waals surface area contributed by atoms with Gasteiger partial charge < -0.3 is 23.7 Å². The lowest BCUT2D eigenvalue weighted by molar-refractivity contribution is -0.305. The Morgan fingerprint density at radius 1 is 0.634 bits per heavy atom. The second-order valence-electron chi connectivity index (χ2n) is 9.90. The minimum atomic E-state index is -3.70. The molecule has 0 heterocycles. The van der Waals surface area contributed by atoms with E-state index in [1.807, 2.05) is 78.9 Å². The van der Waals surface area contributed by atoms with Crippen molar-refractivity contribution in [1.82, 2.24) is 0 Å². The van der Waals surface area contributed by atoms with Crippen molar-refractivity contribution in [3.8, 4) is 0 Å². The SMILES string of the molecule is CC(=O)OC[C@@H]1[C@H](OCc2ccccc2)[C@H](OCc2ccccc2)[C@@H](OCc2ccccc2)[C@H](OC(C)=O)C1(F)F. The maximum absolute atomic E-state index is 16.3. The average molecular weight is 569 g/mol. The highest BCUT2D eigenvalue weighted by molar-refractivity contribution is 5.66. The van der Waals surface area contributed by atoms with Crippen molar-refractivity contribution in [3.05, 3.63) is 108 Å². The molecule has 9 heteroatoms. The first-order chi connectivity index (χ1) is 19.8. The summed E-state index contributed by atoms with van der Waals surface area (Å²) in [5.74, 6) is -7.02. The smallest absolute Gasteiger partial charge is 0.303 e. The van der Waals surface area contributed by atoms with Crippen molar-refractivity contribution >= 4 is 11.9 Å². The lowest BCUT2D eigenvalue weighted by atomic mass is 9.77. The molecule has 0 bridgehead atoms. The highest BCUT2D eigenvalue weighted by Crippen LogP contribution is 2.45. The van der Waals surface area contributed by atoms with E-state index < -0.39 is 54.8 Å². The Morgan fingerprint density at radius 2 is 1.05 bits per heavy atom. The first-order valence-corrected chi connectivity index (χ1v) is 13.4. The number of carbonyl (C=O) groups is 2. The van der Waals surface area contributed by atoms with E-state index in [4.69, 9.17) is 23.7 Å². The van der Waals surface area contributed by atoms with E-state index in [0.29, 0.717) is 0 Å². The van der Waals surface area contributed by atoms with Crippen molar-refractivity contribution in [2.75, 3.05) is 6.61 Å². The van der Waals surface area contributed by atoms with E-state index >= 15 is 8.78 Å². The van der Waals surface area contributed by atoms with Crippen LogP contribution in [0.3, 0.4) is 0 Å². The third-order valence-electron chi connectivity index (χ3n) is 6.83. The second-order valence-corrected chi connectivity index (χ2v) is 9.90. The number of alkyl halides is 2. The number of rotatable bonds is 12. The Hall–Kier alpha value is -3.66. The zero-order chi connectivity index (χ0) is 29.2. The van der Waals surface area contributed by atoms with Gasteiger partial charge in [0.2, 0.25) is 0 Å². The van der Waals surface area contributed by atoms with E-state index in [9.17, 15) is 9.59 Å². The Balaban J connectivity index is 1.73. The fraction of sp³-hybridized carbons (Fsp3) is 0.375. The van der Waals surface area contributed by atoms with E-state index in [0.717, 1.165) is 30.5 Å². The Labute approximate surface area is 238 Å². The van der Waals surface area contributed by atoms with Gasteiger partial charge in [-0.25, -0.2) is 8.78 Å². The molecular formula is C32H34F2O7. The summed E-state index contributed by atoms with van der Waals surface area (Å²) < 4.78 is 61.6. The van der Waals surface area contributed by atoms with Crippen molar-refractivity contribution < 1.29 is 42.1 Å². The minimum Gasteiger partial charge on any atom is -0.465 e. The van der Waals surface area contributed by atoms with Crippen LogP contribution in [0.15, 0.2) is 91.0 Å². The molecule has 0 amide bonds. The predicted molar refractivity (Wildman–Crippen MR) is 146 cm³/mol. The average Bonchev–Trinajstić information content (AvgIpc) is 2.96. The molecule has 1 saturated carbocycles. The highest BCUT2D eigenvalue weighted by Gasteiger charge is 2.65. The summed E-state index contributed by atoms with van der Waals surface area (Å²) in [4.78, 5) is 23.8. The molecule has 7 nitrogen and oxygen atoms in total. The molecule has 0 unspecified atom stereocenters. The largest absolute Gasteiger partial charge is 0.465 e. The Morgan fingerprint density at radius 3 is 1.46 bits per heavy atom. The molecule has 1 aliphatic carbocycles. The van der Waals surface area contributed by atoms with Gasteiger partial charge in [0.25, 0.3) is 5.92 Å². The monoisotopic (exact) mass is 568 g/mol. The molecule has 0 aromatic heterocycles. The van der Waals surface area contributed by atoms with Crippen LogP contribution in [0.4, 0.5) is 8.78 Å². The van der Waals surface area contributed by atoms with Crippen molar-refractivity contribution in [2.24, 2.45) is 5.92 Å². The fourth-order valence-electron chi connectivity index (χ4n) is 4.86. The standard InChI is InChI=1S/C32H34F2O7/c1-22(35)37-21-27-28(38-18-24-12-6-3-7-13-24)29(39-19-25-14-8-4-9-15-25)30(31(32(27,33)34)41-23(2)36)40-20-26-16-10-5-11-17-26/h3-17,27-31H,18-21H2,1-2H3/t27-,28+,29+,30-,31+/m1/s1. The third kappa shape index (κ3) is 8.19. The summed E-state index contributed by atoms with van der Waals surface area (Å²) in [5, 5.41) is 0. The van der Waals surface area contributed by atoms with Crippen LogP contribution in [0, 0.1) is 5.92 Å². The molecule has 0 radical (unpaired) electrons. The number of benzene rings is 3. The normalized spacial score (nSPS) is 23.5. The van der Waals surface area contributed by atoms with Gasteiger partial charge in [-0.3, -0.25) is 9.59 Å². The molecular weight excluding hydrogens is 534 g/mol. The highest BCUT2D eigenvalue weighted by atomic mass is 19.3. The quantitative estimate of drug-likeness (QED) is 0.267. The van der Waals surface area contributed by atoms with Gasteiger partial charge in [-0.15, -0.1) is 0 Å². The first kappa shape index (κ1) is 30.3.